The second-order valence-electron chi connectivity index (χ2n) is 5.13. The van der Waals surface area contributed by atoms with Gasteiger partial charge in [-0.25, -0.2) is 0 Å². The van der Waals surface area contributed by atoms with Crippen LogP contribution >= 0.6 is 11.6 Å². The van der Waals surface area contributed by atoms with E-state index >= 15 is 0 Å². The van der Waals surface area contributed by atoms with Crippen LogP contribution in [0.15, 0.2) is 41.6 Å². The predicted molar refractivity (Wildman–Crippen MR) is 97.9 cm³/mol. The third-order valence-corrected chi connectivity index (χ3v) is 3.76. The Balaban J connectivity index is 1.90. The van der Waals surface area contributed by atoms with Crippen LogP contribution in [0.1, 0.15) is 11.1 Å². The second-order valence-corrected chi connectivity index (χ2v) is 5.54. The number of benzene rings is 2. The molecule has 0 saturated heterocycles. The Morgan fingerprint density at radius 2 is 2.00 bits per heavy atom. The van der Waals surface area contributed by atoms with Gasteiger partial charge in [0.05, 0.1) is 20.4 Å². The summed E-state index contributed by atoms with van der Waals surface area (Å²) in [6.45, 7) is 1.66. The summed E-state index contributed by atoms with van der Waals surface area (Å²) < 4.78 is 10.4. The van der Waals surface area contributed by atoms with Crippen molar-refractivity contribution in [1.82, 2.24) is 0 Å². The van der Waals surface area contributed by atoms with Gasteiger partial charge in [-0.3, -0.25) is 4.79 Å². The Morgan fingerprint density at radius 1 is 1.20 bits per heavy atom. The van der Waals surface area contributed by atoms with Crippen molar-refractivity contribution in [1.29, 1.82) is 0 Å². The number of hydrogen-bond acceptors (Lipinski definition) is 5. The highest BCUT2D eigenvalue weighted by Crippen LogP contribution is 2.22. The van der Waals surface area contributed by atoms with E-state index in [1.54, 1.807) is 44.6 Å². The smallest absolute Gasteiger partial charge is 0.265 e. The molecule has 2 aromatic carbocycles. The number of carbonyl (C=O) groups excluding carboxylic acids is 1. The summed E-state index contributed by atoms with van der Waals surface area (Å²) in [5.41, 5.74) is 2.21. The number of rotatable bonds is 7. The Morgan fingerprint density at radius 3 is 2.68 bits per heavy atom. The third kappa shape index (κ3) is 5.39. The number of amides is 1. The maximum Gasteiger partial charge on any atom is 0.265 e. The molecule has 0 aliphatic heterocycles. The topological polar surface area (TPSA) is 69.1 Å². The maximum atomic E-state index is 11.8. The lowest BCUT2D eigenvalue weighted by atomic mass is 10.2. The minimum Gasteiger partial charge on any atom is -0.497 e. The number of methoxy groups -OCH3 is 2. The summed E-state index contributed by atoms with van der Waals surface area (Å²) in [6, 6.07) is 10.6. The van der Waals surface area contributed by atoms with Crippen LogP contribution in [-0.2, 0) is 9.63 Å². The molecule has 7 heteroatoms. The van der Waals surface area contributed by atoms with Crippen LogP contribution in [0.5, 0.6) is 11.5 Å². The molecule has 0 radical (unpaired) electrons. The molecule has 0 heterocycles. The lowest BCUT2D eigenvalue weighted by molar-refractivity contribution is -0.120. The van der Waals surface area contributed by atoms with Crippen molar-refractivity contribution >= 4 is 29.4 Å². The molecule has 0 atom stereocenters. The minimum absolute atomic E-state index is 0.228. The van der Waals surface area contributed by atoms with Crippen LogP contribution in [0.3, 0.4) is 0 Å². The number of aryl methyl sites for hydroxylation is 1. The molecule has 6 nitrogen and oxygen atoms in total. The third-order valence-electron chi connectivity index (χ3n) is 3.35. The number of ether oxygens (including phenoxy) is 2. The van der Waals surface area contributed by atoms with Gasteiger partial charge in [-0.05, 0) is 42.8 Å². The van der Waals surface area contributed by atoms with Gasteiger partial charge in [0, 0.05) is 16.3 Å². The molecule has 0 aromatic heterocycles. The van der Waals surface area contributed by atoms with Crippen molar-refractivity contribution in [3.05, 3.63) is 52.5 Å². The van der Waals surface area contributed by atoms with Crippen molar-refractivity contribution in [2.24, 2.45) is 5.16 Å². The first-order valence-corrected chi connectivity index (χ1v) is 7.84. The normalized spacial score (nSPS) is 10.6. The van der Waals surface area contributed by atoms with Gasteiger partial charge in [-0.2, -0.15) is 0 Å². The SMILES string of the molecule is COc1ccc(OC)c(/C=N\OCC(=O)Nc2ccc(C)c(Cl)c2)c1. The number of carbonyl (C=O) groups is 1. The Kier molecular flexibility index (Phi) is 6.65. The summed E-state index contributed by atoms with van der Waals surface area (Å²) in [5.74, 6) is 0.942. The highest BCUT2D eigenvalue weighted by Gasteiger charge is 2.05. The van der Waals surface area contributed by atoms with Gasteiger partial charge < -0.3 is 19.6 Å². The van der Waals surface area contributed by atoms with E-state index in [9.17, 15) is 4.79 Å². The standard InChI is InChI=1S/C18H19ClN2O4/c1-12-4-5-14(9-16(12)19)21-18(22)11-25-20-10-13-8-15(23-2)6-7-17(13)24-3/h4-10H,11H2,1-3H3,(H,21,22)/b20-10-. The van der Waals surface area contributed by atoms with Crippen LogP contribution in [0, 0.1) is 6.92 Å². The average Bonchev–Trinajstić information content (AvgIpc) is 2.61. The van der Waals surface area contributed by atoms with Crippen LogP contribution in [0.4, 0.5) is 5.69 Å². The Labute approximate surface area is 151 Å². The summed E-state index contributed by atoms with van der Waals surface area (Å²) in [6.07, 6.45) is 1.46. The predicted octanol–water partition coefficient (Wildman–Crippen LogP) is 3.65. The molecule has 2 rings (SSSR count). The first kappa shape index (κ1) is 18.6. The van der Waals surface area contributed by atoms with E-state index in [0.717, 1.165) is 5.56 Å². The number of hydrogen-bond donors (Lipinski definition) is 1. The fraction of sp³-hybridized carbons (Fsp3) is 0.222. The monoisotopic (exact) mass is 362 g/mol. The second kappa shape index (κ2) is 8.94. The molecule has 1 N–H and O–H groups in total. The van der Waals surface area contributed by atoms with E-state index in [0.29, 0.717) is 27.8 Å². The van der Waals surface area contributed by atoms with Gasteiger partial charge in [0.15, 0.2) is 6.61 Å². The van der Waals surface area contributed by atoms with Gasteiger partial charge in [0.1, 0.15) is 11.5 Å². The summed E-state index contributed by atoms with van der Waals surface area (Å²) in [7, 11) is 3.13. The van der Waals surface area contributed by atoms with Crippen molar-refractivity contribution in [2.75, 3.05) is 26.1 Å². The molecule has 0 fully saturated rings. The largest absolute Gasteiger partial charge is 0.497 e. The molecule has 0 saturated carbocycles. The van der Waals surface area contributed by atoms with E-state index in [1.807, 2.05) is 13.0 Å². The quantitative estimate of drug-likeness (QED) is 0.603. The van der Waals surface area contributed by atoms with Gasteiger partial charge in [0.2, 0.25) is 0 Å². The van der Waals surface area contributed by atoms with Crippen molar-refractivity contribution < 1.29 is 19.1 Å². The van der Waals surface area contributed by atoms with Gasteiger partial charge in [-0.15, -0.1) is 0 Å². The first-order chi connectivity index (χ1) is 12.0. The zero-order chi connectivity index (χ0) is 18.2. The molecule has 0 aliphatic carbocycles. The van der Waals surface area contributed by atoms with E-state index in [1.165, 1.54) is 6.21 Å². The zero-order valence-corrected chi connectivity index (χ0v) is 15.0. The Bertz CT molecular complexity index is 778. The summed E-state index contributed by atoms with van der Waals surface area (Å²) in [5, 5.41) is 7.06. The van der Waals surface area contributed by atoms with Crippen LogP contribution < -0.4 is 14.8 Å². The molecular weight excluding hydrogens is 344 g/mol. The molecule has 0 bridgehead atoms. The van der Waals surface area contributed by atoms with Gasteiger partial charge >= 0.3 is 0 Å². The van der Waals surface area contributed by atoms with Gasteiger partial charge in [0.25, 0.3) is 5.91 Å². The molecule has 0 spiro atoms. The average molecular weight is 363 g/mol. The van der Waals surface area contributed by atoms with E-state index in [4.69, 9.17) is 25.9 Å². The lowest BCUT2D eigenvalue weighted by Crippen LogP contribution is -2.17. The van der Waals surface area contributed by atoms with Crippen molar-refractivity contribution in [3.63, 3.8) is 0 Å². The van der Waals surface area contributed by atoms with E-state index in [-0.39, 0.29) is 12.5 Å². The van der Waals surface area contributed by atoms with Crippen molar-refractivity contribution in [2.45, 2.75) is 6.92 Å². The zero-order valence-electron chi connectivity index (χ0n) is 14.2. The first-order valence-electron chi connectivity index (χ1n) is 7.47. The van der Waals surface area contributed by atoms with Crippen LogP contribution in [0.25, 0.3) is 0 Å². The fourth-order valence-corrected chi connectivity index (χ4v) is 2.18. The highest BCUT2D eigenvalue weighted by atomic mass is 35.5. The van der Waals surface area contributed by atoms with Gasteiger partial charge in [-0.1, -0.05) is 22.8 Å². The Hall–Kier alpha value is -2.73. The molecular formula is C18H19ClN2O4. The number of nitrogens with one attached hydrogen (secondary N) is 1. The lowest BCUT2D eigenvalue weighted by Gasteiger charge is -2.07. The molecule has 0 unspecified atom stereocenters. The number of anilines is 1. The molecule has 132 valence electrons. The molecule has 2 aromatic rings. The van der Waals surface area contributed by atoms with Crippen LogP contribution in [-0.4, -0.2) is 32.9 Å². The van der Waals surface area contributed by atoms with Crippen molar-refractivity contribution in [3.8, 4) is 11.5 Å². The summed E-state index contributed by atoms with van der Waals surface area (Å²) in [4.78, 5) is 16.9. The molecule has 0 aliphatic rings. The van der Waals surface area contributed by atoms with Crippen LogP contribution in [0.2, 0.25) is 5.02 Å². The van der Waals surface area contributed by atoms with E-state index in [2.05, 4.69) is 10.5 Å². The number of halogens is 1. The number of oxime groups is 1. The van der Waals surface area contributed by atoms with E-state index < -0.39 is 0 Å². The summed E-state index contributed by atoms with van der Waals surface area (Å²) >= 11 is 6.02. The molecule has 25 heavy (non-hydrogen) atoms. The number of nitrogens with zero attached hydrogens (tertiary/aromatic N) is 1. The fourth-order valence-electron chi connectivity index (χ4n) is 2.00. The maximum absolute atomic E-state index is 11.8. The minimum atomic E-state index is -0.338. The molecule has 1 amide bonds. The highest BCUT2D eigenvalue weighted by molar-refractivity contribution is 6.31.